The number of likely N-dealkylation sites (tertiary alicyclic amines) is 1. The Bertz CT molecular complexity index is 544. The van der Waals surface area contributed by atoms with Gasteiger partial charge in [-0.05, 0) is 25.0 Å². The van der Waals surface area contributed by atoms with Gasteiger partial charge in [0.1, 0.15) is 5.15 Å². The number of nitrogens with zero attached hydrogens (tertiary/aromatic N) is 4. The van der Waals surface area contributed by atoms with Gasteiger partial charge in [-0.15, -0.1) is 0 Å². The van der Waals surface area contributed by atoms with Gasteiger partial charge in [0.05, 0.1) is 19.8 Å². The second-order valence-electron chi connectivity index (χ2n) is 6.20. The largest absolute Gasteiger partial charge is 0.379 e. The lowest BCUT2D eigenvalue weighted by atomic mass is 10.2. The summed E-state index contributed by atoms with van der Waals surface area (Å²) in [5.74, 6) is 0.989. The average molecular weight is 352 g/mol. The molecule has 1 atom stereocenters. The molecule has 3 heterocycles. The first kappa shape index (κ1) is 17.5. The highest BCUT2D eigenvalue weighted by Crippen LogP contribution is 2.17. The Hall–Kier alpha value is -1.37. The number of halogens is 1. The summed E-state index contributed by atoms with van der Waals surface area (Å²) in [7, 11) is 0. The number of morpholine rings is 1. The number of guanidine groups is 1. The molecule has 0 aromatic carbocycles. The van der Waals surface area contributed by atoms with E-state index in [2.05, 4.69) is 27.0 Å². The summed E-state index contributed by atoms with van der Waals surface area (Å²) in [4.78, 5) is 13.8. The summed E-state index contributed by atoms with van der Waals surface area (Å²) in [5.41, 5.74) is 1.07. The fourth-order valence-electron chi connectivity index (χ4n) is 3.27. The maximum absolute atomic E-state index is 5.84. The molecule has 0 saturated carbocycles. The quantitative estimate of drug-likeness (QED) is 0.507. The summed E-state index contributed by atoms with van der Waals surface area (Å²) >= 11 is 5.84. The van der Waals surface area contributed by atoms with Crippen molar-refractivity contribution in [2.24, 2.45) is 4.99 Å². The summed E-state index contributed by atoms with van der Waals surface area (Å²) < 4.78 is 5.46. The Labute approximate surface area is 148 Å². The highest BCUT2D eigenvalue weighted by atomic mass is 35.5. The van der Waals surface area contributed by atoms with Crippen LogP contribution in [0.15, 0.2) is 23.3 Å². The molecule has 1 aromatic heterocycles. The van der Waals surface area contributed by atoms with Crippen LogP contribution < -0.4 is 5.32 Å². The predicted molar refractivity (Wildman–Crippen MR) is 96.4 cm³/mol. The maximum Gasteiger partial charge on any atom is 0.194 e. The molecular weight excluding hydrogens is 326 g/mol. The predicted octanol–water partition coefficient (Wildman–Crippen LogP) is 1.61. The van der Waals surface area contributed by atoms with Gasteiger partial charge in [-0.1, -0.05) is 17.7 Å². The smallest absolute Gasteiger partial charge is 0.194 e. The van der Waals surface area contributed by atoms with Gasteiger partial charge in [-0.3, -0.25) is 4.90 Å². The first-order valence-electron chi connectivity index (χ1n) is 8.71. The van der Waals surface area contributed by atoms with Gasteiger partial charge in [0.2, 0.25) is 0 Å². The number of ether oxygens (including phenoxy) is 1. The number of nitrogens with one attached hydrogen (secondary N) is 1. The van der Waals surface area contributed by atoms with Gasteiger partial charge in [-0.2, -0.15) is 0 Å². The molecule has 0 spiro atoms. The molecule has 3 rings (SSSR count). The Kier molecular flexibility index (Phi) is 6.29. The zero-order valence-corrected chi connectivity index (χ0v) is 15.0. The minimum Gasteiger partial charge on any atom is -0.379 e. The summed E-state index contributed by atoms with van der Waals surface area (Å²) in [6, 6.07) is 4.39. The van der Waals surface area contributed by atoms with E-state index in [-0.39, 0.29) is 0 Å². The summed E-state index contributed by atoms with van der Waals surface area (Å²) in [5, 5.41) is 3.93. The molecule has 24 heavy (non-hydrogen) atoms. The molecule has 2 saturated heterocycles. The normalized spacial score (nSPS) is 22.8. The summed E-state index contributed by atoms with van der Waals surface area (Å²) in [6.45, 7) is 9.47. The topological polar surface area (TPSA) is 53.0 Å². The minimum absolute atomic E-state index is 0.516. The van der Waals surface area contributed by atoms with E-state index in [1.165, 1.54) is 6.42 Å². The van der Waals surface area contributed by atoms with Crippen LogP contribution in [-0.4, -0.2) is 72.7 Å². The van der Waals surface area contributed by atoms with Crippen molar-refractivity contribution in [2.45, 2.75) is 25.9 Å². The lowest BCUT2D eigenvalue weighted by molar-refractivity contribution is 0.0195. The SMILES string of the molecule is CCNC(=NCc1ccc(Cl)nc1)N1CCC(N2CCOCC2)C1. The Morgan fingerprint density at radius 3 is 2.92 bits per heavy atom. The monoisotopic (exact) mass is 351 g/mol. The molecule has 132 valence electrons. The fourth-order valence-corrected chi connectivity index (χ4v) is 3.38. The molecule has 2 aliphatic rings. The second kappa shape index (κ2) is 8.65. The van der Waals surface area contributed by atoms with Crippen molar-refractivity contribution >= 4 is 17.6 Å². The lowest BCUT2D eigenvalue weighted by Crippen LogP contribution is -2.46. The van der Waals surface area contributed by atoms with E-state index < -0.39 is 0 Å². The van der Waals surface area contributed by atoms with Crippen LogP contribution in [0.25, 0.3) is 0 Å². The molecule has 0 bridgehead atoms. The zero-order valence-electron chi connectivity index (χ0n) is 14.2. The van der Waals surface area contributed by atoms with E-state index in [9.17, 15) is 0 Å². The molecule has 1 aromatic rings. The lowest BCUT2D eigenvalue weighted by Gasteiger charge is -2.32. The third-order valence-electron chi connectivity index (χ3n) is 4.56. The van der Waals surface area contributed by atoms with Crippen LogP contribution in [0.3, 0.4) is 0 Å². The van der Waals surface area contributed by atoms with E-state index in [1.807, 2.05) is 12.1 Å². The van der Waals surface area contributed by atoms with Gasteiger partial charge in [0, 0.05) is 45.0 Å². The third kappa shape index (κ3) is 4.59. The van der Waals surface area contributed by atoms with Gasteiger partial charge in [0.25, 0.3) is 0 Å². The zero-order chi connectivity index (χ0) is 16.8. The van der Waals surface area contributed by atoms with Crippen LogP contribution in [0, 0.1) is 0 Å². The van der Waals surface area contributed by atoms with Gasteiger partial charge in [-0.25, -0.2) is 9.98 Å². The molecule has 1 N–H and O–H groups in total. The molecule has 0 aliphatic carbocycles. The Morgan fingerprint density at radius 2 is 2.21 bits per heavy atom. The van der Waals surface area contributed by atoms with Crippen LogP contribution in [-0.2, 0) is 11.3 Å². The number of pyridine rings is 1. The van der Waals surface area contributed by atoms with Crippen LogP contribution in [0.1, 0.15) is 18.9 Å². The molecule has 0 amide bonds. The highest BCUT2D eigenvalue weighted by Gasteiger charge is 2.30. The minimum atomic E-state index is 0.516. The van der Waals surface area contributed by atoms with Crippen molar-refractivity contribution in [3.63, 3.8) is 0 Å². The van der Waals surface area contributed by atoms with E-state index >= 15 is 0 Å². The van der Waals surface area contributed by atoms with Crippen molar-refractivity contribution in [3.05, 3.63) is 29.0 Å². The van der Waals surface area contributed by atoms with Crippen LogP contribution >= 0.6 is 11.6 Å². The fraction of sp³-hybridized carbons (Fsp3) is 0.647. The molecular formula is C17H26ClN5O. The number of hydrogen-bond donors (Lipinski definition) is 1. The van der Waals surface area contributed by atoms with Gasteiger partial charge in [0.15, 0.2) is 5.96 Å². The maximum atomic E-state index is 5.84. The Morgan fingerprint density at radius 1 is 1.38 bits per heavy atom. The van der Waals surface area contributed by atoms with E-state index in [0.29, 0.717) is 17.7 Å². The van der Waals surface area contributed by atoms with Crippen molar-refractivity contribution < 1.29 is 4.74 Å². The third-order valence-corrected chi connectivity index (χ3v) is 4.78. The van der Waals surface area contributed by atoms with Gasteiger partial charge < -0.3 is 15.0 Å². The Balaban J connectivity index is 1.60. The van der Waals surface area contributed by atoms with Crippen molar-refractivity contribution in [3.8, 4) is 0 Å². The van der Waals surface area contributed by atoms with Crippen molar-refractivity contribution in [1.29, 1.82) is 0 Å². The van der Waals surface area contributed by atoms with Crippen molar-refractivity contribution in [2.75, 3.05) is 45.9 Å². The molecule has 1 unspecified atom stereocenters. The first-order valence-corrected chi connectivity index (χ1v) is 9.09. The van der Waals surface area contributed by atoms with Crippen LogP contribution in [0.4, 0.5) is 0 Å². The van der Waals surface area contributed by atoms with Crippen LogP contribution in [0.5, 0.6) is 0 Å². The molecule has 7 heteroatoms. The number of aliphatic imine (C=N–C) groups is 1. The summed E-state index contributed by atoms with van der Waals surface area (Å²) in [6.07, 6.45) is 2.98. The average Bonchev–Trinajstić information content (AvgIpc) is 3.11. The molecule has 0 radical (unpaired) electrons. The second-order valence-corrected chi connectivity index (χ2v) is 6.58. The number of rotatable bonds is 4. The van der Waals surface area contributed by atoms with E-state index in [0.717, 1.165) is 57.5 Å². The first-order chi connectivity index (χ1) is 11.8. The van der Waals surface area contributed by atoms with Crippen molar-refractivity contribution in [1.82, 2.24) is 20.1 Å². The highest BCUT2D eigenvalue weighted by molar-refractivity contribution is 6.29. The molecule has 2 aliphatic heterocycles. The van der Waals surface area contributed by atoms with Gasteiger partial charge >= 0.3 is 0 Å². The standard InChI is InChI=1S/C17H26ClN5O/c1-2-19-17(21-12-14-3-4-16(18)20-11-14)23-6-5-15(13-23)22-7-9-24-10-8-22/h3-4,11,15H,2,5-10,12-13H2,1H3,(H,19,21). The van der Waals surface area contributed by atoms with E-state index in [4.69, 9.17) is 21.3 Å². The number of hydrogen-bond acceptors (Lipinski definition) is 4. The van der Waals surface area contributed by atoms with Crippen LogP contribution in [0.2, 0.25) is 5.15 Å². The molecule has 2 fully saturated rings. The van der Waals surface area contributed by atoms with E-state index in [1.54, 1.807) is 6.20 Å². The number of aromatic nitrogens is 1. The molecule has 6 nitrogen and oxygen atoms in total.